The van der Waals surface area contributed by atoms with Crippen LogP contribution >= 0.6 is 0 Å². The van der Waals surface area contributed by atoms with Crippen LogP contribution < -0.4 is 5.32 Å². The summed E-state index contributed by atoms with van der Waals surface area (Å²) in [6.45, 7) is 3.14. The van der Waals surface area contributed by atoms with Crippen molar-refractivity contribution in [3.8, 4) is 0 Å². The molecule has 1 aromatic heterocycles. The fourth-order valence-corrected chi connectivity index (χ4v) is 1.37. The van der Waals surface area contributed by atoms with Crippen molar-refractivity contribution < 1.29 is 19.1 Å². The first-order valence-corrected chi connectivity index (χ1v) is 4.53. The number of furan rings is 1. The molecule has 0 spiro atoms. The number of hydrogen-bond donors (Lipinski definition) is 2. The van der Waals surface area contributed by atoms with Crippen molar-refractivity contribution in [3.05, 3.63) is 23.7 Å². The van der Waals surface area contributed by atoms with Gasteiger partial charge in [-0.3, -0.25) is 9.59 Å². The molecule has 1 atom stereocenters. The number of aryl methyl sites for hydroxylation is 1. The van der Waals surface area contributed by atoms with E-state index in [-0.39, 0.29) is 12.3 Å². The van der Waals surface area contributed by atoms with Crippen molar-refractivity contribution >= 4 is 11.9 Å². The highest BCUT2D eigenvalue weighted by Gasteiger charge is 2.20. The van der Waals surface area contributed by atoms with Gasteiger partial charge in [0.1, 0.15) is 5.76 Å². The van der Waals surface area contributed by atoms with E-state index >= 15 is 0 Å². The maximum absolute atomic E-state index is 10.9. The molecule has 0 radical (unpaired) electrons. The van der Waals surface area contributed by atoms with Crippen molar-refractivity contribution in [1.82, 2.24) is 5.32 Å². The summed E-state index contributed by atoms with van der Waals surface area (Å²) in [6.07, 6.45) is 1.29. The number of aliphatic carboxylic acids is 1. The molecule has 5 heteroatoms. The summed E-state index contributed by atoms with van der Waals surface area (Å²) < 4.78 is 5.15. The molecule has 1 rings (SSSR count). The first-order valence-electron chi connectivity index (χ1n) is 4.53. The lowest BCUT2D eigenvalue weighted by Crippen LogP contribution is -2.28. The minimum absolute atomic E-state index is 0.187. The van der Waals surface area contributed by atoms with Gasteiger partial charge >= 0.3 is 5.97 Å². The summed E-state index contributed by atoms with van der Waals surface area (Å²) in [4.78, 5) is 21.5. The van der Waals surface area contributed by atoms with Gasteiger partial charge < -0.3 is 14.8 Å². The average Bonchev–Trinajstić information content (AvgIpc) is 2.48. The topological polar surface area (TPSA) is 79.5 Å². The molecule has 0 saturated carbocycles. The van der Waals surface area contributed by atoms with Crippen LogP contribution in [0.15, 0.2) is 16.7 Å². The predicted molar refractivity (Wildman–Crippen MR) is 52.3 cm³/mol. The second-order valence-corrected chi connectivity index (χ2v) is 3.32. The van der Waals surface area contributed by atoms with E-state index in [0.717, 1.165) is 5.56 Å². The van der Waals surface area contributed by atoms with Gasteiger partial charge in [0.2, 0.25) is 5.91 Å². The molecule has 82 valence electrons. The number of carbonyl (C=O) groups is 2. The number of hydrogen-bond acceptors (Lipinski definition) is 3. The van der Waals surface area contributed by atoms with E-state index in [1.807, 2.05) is 0 Å². The lowest BCUT2D eigenvalue weighted by Gasteiger charge is -2.14. The van der Waals surface area contributed by atoms with E-state index in [1.165, 1.54) is 13.2 Å². The molecular formula is C10H13NO4. The number of amides is 1. The predicted octanol–water partition coefficient (Wildman–Crippen LogP) is 1.24. The lowest BCUT2D eigenvalue weighted by atomic mass is 10.1. The van der Waals surface area contributed by atoms with E-state index in [4.69, 9.17) is 9.52 Å². The van der Waals surface area contributed by atoms with Gasteiger partial charge in [0, 0.05) is 6.92 Å². The number of rotatable bonds is 4. The number of nitrogens with one attached hydrogen (secondary N) is 1. The molecule has 0 saturated heterocycles. The Hall–Kier alpha value is -1.78. The number of carboxylic acid groups (broad SMARTS) is 1. The molecule has 1 amide bonds. The molecule has 1 aromatic rings. The molecule has 0 aliphatic heterocycles. The van der Waals surface area contributed by atoms with E-state index in [0.29, 0.717) is 5.76 Å². The highest BCUT2D eigenvalue weighted by atomic mass is 16.4. The first kappa shape index (κ1) is 11.3. The molecule has 1 unspecified atom stereocenters. The van der Waals surface area contributed by atoms with E-state index in [2.05, 4.69) is 5.32 Å². The average molecular weight is 211 g/mol. The van der Waals surface area contributed by atoms with Crippen LogP contribution in [-0.4, -0.2) is 17.0 Å². The quantitative estimate of drug-likeness (QED) is 0.785. The van der Waals surface area contributed by atoms with E-state index in [1.54, 1.807) is 13.0 Å². The number of carboxylic acids is 1. The van der Waals surface area contributed by atoms with Crippen LogP contribution in [0, 0.1) is 6.92 Å². The third kappa shape index (κ3) is 3.12. The van der Waals surface area contributed by atoms with Gasteiger partial charge in [-0.1, -0.05) is 0 Å². The SMILES string of the molecule is CC(=O)NC(CC(=O)O)c1occc1C. The Kier molecular flexibility index (Phi) is 3.49. The minimum Gasteiger partial charge on any atom is -0.481 e. The monoisotopic (exact) mass is 211 g/mol. The van der Waals surface area contributed by atoms with Crippen LogP contribution in [0.5, 0.6) is 0 Å². The minimum atomic E-state index is -0.982. The zero-order valence-electron chi connectivity index (χ0n) is 8.61. The molecule has 15 heavy (non-hydrogen) atoms. The molecule has 0 bridgehead atoms. The van der Waals surface area contributed by atoms with Gasteiger partial charge in [-0.15, -0.1) is 0 Å². The number of carbonyl (C=O) groups excluding carboxylic acids is 1. The maximum Gasteiger partial charge on any atom is 0.305 e. The Labute approximate surface area is 87.1 Å². The van der Waals surface area contributed by atoms with Crippen molar-refractivity contribution in [2.75, 3.05) is 0 Å². The van der Waals surface area contributed by atoms with Crippen LogP contribution in [0.25, 0.3) is 0 Å². The fraction of sp³-hybridized carbons (Fsp3) is 0.400. The molecule has 0 aliphatic carbocycles. The van der Waals surface area contributed by atoms with Crippen LogP contribution in [-0.2, 0) is 9.59 Å². The molecule has 1 heterocycles. The van der Waals surface area contributed by atoms with Crippen LogP contribution in [0.3, 0.4) is 0 Å². The Bertz CT molecular complexity index is 353. The summed E-state index contributed by atoms with van der Waals surface area (Å²) in [6, 6.07) is 1.13. The molecule has 0 aliphatic rings. The Morgan fingerprint density at radius 1 is 1.60 bits per heavy atom. The third-order valence-corrected chi connectivity index (χ3v) is 1.97. The summed E-state index contributed by atoms with van der Waals surface area (Å²) in [5, 5.41) is 11.2. The third-order valence-electron chi connectivity index (χ3n) is 1.97. The summed E-state index contributed by atoms with van der Waals surface area (Å²) >= 11 is 0. The van der Waals surface area contributed by atoms with Crippen LogP contribution in [0.2, 0.25) is 0 Å². The standard InChI is InChI=1S/C10H13NO4/c1-6-3-4-15-10(6)8(5-9(13)14)11-7(2)12/h3-4,8H,5H2,1-2H3,(H,11,12)(H,13,14). The highest BCUT2D eigenvalue weighted by Crippen LogP contribution is 2.21. The molecular weight excluding hydrogens is 198 g/mol. The molecule has 0 fully saturated rings. The first-order chi connectivity index (χ1) is 7.00. The van der Waals surface area contributed by atoms with Crippen molar-refractivity contribution in [2.45, 2.75) is 26.3 Å². The van der Waals surface area contributed by atoms with Gasteiger partial charge in [0.15, 0.2) is 0 Å². The summed E-state index contributed by atoms with van der Waals surface area (Å²) in [7, 11) is 0. The van der Waals surface area contributed by atoms with Gasteiger partial charge in [0.05, 0.1) is 18.7 Å². The summed E-state index contributed by atoms with van der Waals surface area (Å²) in [5.41, 5.74) is 0.829. The van der Waals surface area contributed by atoms with Crippen LogP contribution in [0.1, 0.15) is 30.7 Å². The molecule has 2 N–H and O–H groups in total. The van der Waals surface area contributed by atoms with Gasteiger partial charge in [-0.05, 0) is 18.6 Å². The van der Waals surface area contributed by atoms with Crippen LogP contribution in [0.4, 0.5) is 0 Å². The van der Waals surface area contributed by atoms with Gasteiger partial charge in [0.25, 0.3) is 0 Å². The highest BCUT2D eigenvalue weighted by molar-refractivity contribution is 5.75. The molecule has 5 nitrogen and oxygen atoms in total. The zero-order chi connectivity index (χ0) is 11.4. The van der Waals surface area contributed by atoms with Crippen molar-refractivity contribution in [2.24, 2.45) is 0 Å². The zero-order valence-corrected chi connectivity index (χ0v) is 8.61. The Morgan fingerprint density at radius 2 is 2.27 bits per heavy atom. The normalized spacial score (nSPS) is 12.1. The van der Waals surface area contributed by atoms with Crippen molar-refractivity contribution in [1.29, 1.82) is 0 Å². The fourth-order valence-electron chi connectivity index (χ4n) is 1.37. The van der Waals surface area contributed by atoms with Crippen molar-refractivity contribution in [3.63, 3.8) is 0 Å². The Morgan fingerprint density at radius 3 is 2.67 bits per heavy atom. The Balaban J connectivity index is 2.85. The van der Waals surface area contributed by atoms with E-state index in [9.17, 15) is 9.59 Å². The van der Waals surface area contributed by atoms with E-state index < -0.39 is 12.0 Å². The smallest absolute Gasteiger partial charge is 0.305 e. The largest absolute Gasteiger partial charge is 0.481 e. The second-order valence-electron chi connectivity index (χ2n) is 3.32. The van der Waals surface area contributed by atoms with Gasteiger partial charge in [-0.2, -0.15) is 0 Å². The lowest BCUT2D eigenvalue weighted by molar-refractivity contribution is -0.137. The van der Waals surface area contributed by atoms with Gasteiger partial charge in [-0.25, -0.2) is 0 Å². The molecule has 0 aromatic carbocycles. The second kappa shape index (κ2) is 4.63. The maximum atomic E-state index is 10.9. The summed E-state index contributed by atoms with van der Waals surface area (Å²) in [5.74, 6) is -0.769.